The van der Waals surface area contributed by atoms with Gasteiger partial charge in [-0.25, -0.2) is 9.79 Å². The minimum atomic E-state index is -0.677. The lowest BCUT2D eigenvalue weighted by Crippen LogP contribution is -2.12. The number of benzene rings is 2. The maximum absolute atomic E-state index is 12.4. The molecule has 3 rings (SSSR count). The Morgan fingerprint density at radius 1 is 1.21 bits per heavy atom. The van der Waals surface area contributed by atoms with Crippen LogP contribution in [-0.4, -0.2) is 34.9 Å². The summed E-state index contributed by atoms with van der Waals surface area (Å²) < 4.78 is 10.2. The summed E-state index contributed by atoms with van der Waals surface area (Å²) in [7, 11) is 1.51. The van der Waals surface area contributed by atoms with Crippen LogP contribution in [0.3, 0.4) is 0 Å². The number of hydrogen-bond donors (Lipinski definition) is 2. The number of halogens is 1. The van der Waals surface area contributed by atoms with Crippen LogP contribution in [0.15, 0.2) is 63.7 Å². The Hall–Kier alpha value is -2.90. The Balaban J connectivity index is 2.06. The molecule has 1 heterocycles. The summed E-state index contributed by atoms with van der Waals surface area (Å²) in [5, 5.41) is 21.7. The molecule has 2 aromatic rings. The van der Waals surface area contributed by atoms with Gasteiger partial charge in [-0.3, -0.25) is 0 Å². The molecule has 6 nitrogen and oxygen atoms in total. The Morgan fingerprint density at radius 2 is 1.93 bits per heavy atom. The lowest BCUT2D eigenvalue weighted by Gasteiger charge is -2.04. The van der Waals surface area contributed by atoms with Crippen molar-refractivity contribution in [1.82, 2.24) is 0 Å². The van der Waals surface area contributed by atoms with E-state index in [0.29, 0.717) is 26.9 Å². The molecule has 0 aliphatic carbocycles. The zero-order valence-electron chi connectivity index (χ0n) is 15.7. The summed E-state index contributed by atoms with van der Waals surface area (Å²) in [6, 6.07) is 11.5. The number of phenolic OH excluding ortho intramolecular Hbond substituents is 1. The highest BCUT2D eigenvalue weighted by molar-refractivity contribution is 8.18. The van der Waals surface area contributed by atoms with Crippen LogP contribution in [0.2, 0.25) is 5.02 Å². The second-order valence-corrected chi connectivity index (χ2v) is 7.34. The molecule has 2 aromatic carbocycles. The second kappa shape index (κ2) is 9.07. The topological polar surface area (TPSA) is 88.4 Å². The third-order valence-corrected chi connectivity index (χ3v) is 5.22. The molecular weight excluding hydrogens is 414 g/mol. The maximum Gasteiger partial charge on any atom is 0.344 e. The van der Waals surface area contributed by atoms with E-state index in [1.807, 2.05) is 0 Å². The number of phenols is 1. The van der Waals surface area contributed by atoms with Crippen molar-refractivity contribution in [2.45, 2.75) is 6.92 Å². The first-order chi connectivity index (χ1) is 13.9. The van der Waals surface area contributed by atoms with Gasteiger partial charge in [-0.1, -0.05) is 23.4 Å². The fourth-order valence-electron chi connectivity index (χ4n) is 2.54. The highest BCUT2D eigenvalue weighted by Gasteiger charge is 2.33. The van der Waals surface area contributed by atoms with Gasteiger partial charge in [0, 0.05) is 10.6 Å². The van der Waals surface area contributed by atoms with E-state index in [1.165, 1.54) is 13.2 Å². The molecule has 0 radical (unpaired) electrons. The summed E-state index contributed by atoms with van der Waals surface area (Å²) in [5.41, 5.74) is 0.965. The molecule has 1 aliphatic heterocycles. The van der Waals surface area contributed by atoms with Crippen molar-refractivity contribution in [2.24, 2.45) is 4.99 Å². The summed E-state index contributed by atoms with van der Waals surface area (Å²) in [4.78, 5) is 17.2. The molecule has 0 amide bonds. The first kappa shape index (κ1) is 20.8. The standard InChI is InChI=1S/C21H18ClNO5S/c1-3-28-21(26)18-19(25)17(11-12-10-15(27-2)8-9-16(12)24)29-20(18)23-14-6-4-13(22)5-7-14/h4-11,24-25H,3H2,1-2H3/b17-11+,23-20?. The van der Waals surface area contributed by atoms with E-state index in [4.69, 9.17) is 21.1 Å². The molecule has 0 aromatic heterocycles. The third-order valence-electron chi connectivity index (χ3n) is 3.95. The molecule has 0 saturated heterocycles. The van der Waals surface area contributed by atoms with Gasteiger partial charge in [0.2, 0.25) is 0 Å². The normalized spacial score (nSPS) is 16.5. The predicted molar refractivity (Wildman–Crippen MR) is 115 cm³/mol. The van der Waals surface area contributed by atoms with E-state index in [1.54, 1.807) is 49.4 Å². The summed E-state index contributed by atoms with van der Waals surface area (Å²) in [5.74, 6) is -0.388. The minimum absolute atomic E-state index is 0.00692. The van der Waals surface area contributed by atoms with Crippen molar-refractivity contribution in [1.29, 1.82) is 0 Å². The Labute approximate surface area is 177 Å². The van der Waals surface area contributed by atoms with E-state index >= 15 is 0 Å². The van der Waals surface area contributed by atoms with Crippen molar-refractivity contribution in [3.63, 3.8) is 0 Å². The highest BCUT2D eigenvalue weighted by atomic mass is 35.5. The fraction of sp³-hybridized carbons (Fsp3) is 0.143. The molecule has 0 saturated carbocycles. The van der Waals surface area contributed by atoms with Gasteiger partial charge >= 0.3 is 5.97 Å². The van der Waals surface area contributed by atoms with Crippen LogP contribution in [0.5, 0.6) is 11.5 Å². The number of carbonyl (C=O) groups excluding carboxylic acids is 1. The molecule has 8 heteroatoms. The van der Waals surface area contributed by atoms with Crippen LogP contribution in [0, 0.1) is 0 Å². The molecule has 150 valence electrons. The van der Waals surface area contributed by atoms with Crippen molar-refractivity contribution in [3.8, 4) is 11.5 Å². The number of ether oxygens (including phenoxy) is 2. The number of aromatic hydroxyl groups is 1. The molecule has 0 bridgehead atoms. The summed E-state index contributed by atoms with van der Waals surface area (Å²) >= 11 is 7.00. The number of hydrogen-bond acceptors (Lipinski definition) is 7. The molecule has 0 fully saturated rings. The average Bonchev–Trinajstić information content (AvgIpc) is 3.00. The van der Waals surface area contributed by atoms with E-state index in [0.717, 1.165) is 11.8 Å². The molecule has 0 spiro atoms. The number of aliphatic hydroxyl groups excluding tert-OH is 1. The van der Waals surface area contributed by atoms with Crippen LogP contribution in [0.25, 0.3) is 6.08 Å². The highest BCUT2D eigenvalue weighted by Crippen LogP contribution is 2.41. The van der Waals surface area contributed by atoms with Gasteiger partial charge in [-0.15, -0.1) is 0 Å². The molecule has 0 atom stereocenters. The molecule has 1 aliphatic rings. The first-order valence-electron chi connectivity index (χ1n) is 8.64. The minimum Gasteiger partial charge on any atom is -0.507 e. The van der Waals surface area contributed by atoms with E-state index in [2.05, 4.69) is 4.99 Å². The van der Waals surface area contributed by atoms with E-state index in [-0.39, 0.29) is 28.7 Å². The van der Waals surface area contributed by atoms with Crippen LogP contribution >= 0.6 is 23.4 Å². The largest absolute Gasteiger partial charge is 0.507 e. The zero-order chi connectivity index (χ0) is 21.0. The number of carbonyl (C=O) groups is 1. The second-order valence-electron chi connectivity index (χ2n) is 5.87. The van der Waals surface area contributed by atoms with Crippen molar-refractivity contribution in [3.05, 3.63) is 69.3 Å². The molecule has 2 N–H and O–H groups in total. The van der Waals surface area contributed by atoms with Crippen LogP contribution in [0.4, 0.5) is 5.69 Å². The van der Waals surface area contributed by atoms with Gasteiger partial charge in [-0.05, 0) is 55.5 Å². The average molecular weight is 432 g/mol. The smallest absolute Gasteiger partial charge is 0.344 e. The number of methoxy groups -OCH3 is 1. The quantitative estimate of drug-likeness (QED) is 0.629. The monoisotopic (exact) mass is 431 g/mol. The number of esters is 1. The number of thioether (sulfide) groups is 1. The van der Waals surface area contributed by atoms with E-state index in [9.17, 15) is 15.0 Å². The maximum atomic E-state index is 12.4. The Kier molecular flexibility index (Phi) is 6.51. The Bertz CT molecular complexity index is 1030. The van der Waals surface area contributed by atoms with Gasteiger partial charge in [-0.2, -0.15) is 0 Å². The van der Waals surface area contributed by atoms with Crippen LogP contribution in [-0.2, 0) is 9.53 Å². The number of aliphatic imine (C=N–C) groups is 1. The zero-order valence-corrected chi connectivity index (χ0v) is 17.3. The van der Waals surface area contributed by atoms with Gasteiger partial charge in [0.1, 0.15) is 27.9 Å². The van der Waals surface area contributed by atoms with Gasteiger partial charge in [0.25, 0.3) is 0 Å². The predicted octanol–water partition coefficient (Wildman–Crippen LogP) is 5.25. The molecule has 29 heavy (non-hydrogen) atoms. The molecular formula is C21H18ClNO5S. The third kappa shape index (κ3) is 4.75. The molecule has 0 unspecified atom stereocenters. The van der Waals surface area contributed by atoms with Crippen molar-refractivity contribution in [2.75, 3.05) is 13.7 Å². The van der Waals surface area contributed by atoms with Crippen LogP contribution in [0.1, 0.15) is 12.5 Å². The number of rotatable bonds is 5. The summed E-state index contributed by atoms with van der Waals surface area (Å²) in [6.07, 6.45) is 1.56. The van der Waals surface area contributed by atoms with Crippen molar-refractivity contribution < 1.29 is 24.5 Å². The Morgan fingerprint density at radius 3 is 2.59 bits per heavy atom. The lowest BCUT2D eigenvalue weighted by molar-refractivity contribution is -0.138. The van der Waals surface area contributed by atoms with Gasteiger partial charge in [0.15, 0.2) is 0 Å². The van der Waals surface area contributed by atoms with Crippen molar-refractivity contribution >= 4 is 46.1 Å². The first-order valence-corrected chi connectivity index (χ1v) is 9.84. The van der Waals surface area contributed by atoms with Crippen LogP contribution < -0.4 is 4.74 Å². The van der Waals surface area contributed by atoms with Gasteiger partial charge in [0.05, 0.1) is 24.3 Å². The number of aliphatic hydroxyl groups is 1. The number of nitrogens with zero attached hydrogens (tertiary/aromatic N) is 1. The summed E-state index contributed by atoms with van der Waals surface area (Å²) in [6.45, 7) is 1.84. The fourth-order valence-corrected chi connectivity index (χ4v) is 3.69. The SMILES string of the molecule is CCOC(=O)C1=C(O)/C(=C\c2cc(OC)ccc2O)SC1=Nc1ccc(Cl)cc1. The lowest BCUT2D eigenvalue weighted by atomic mass is 10.1. The van der Waals surface area contributed by atoms with E-state index < -0.39 is 5.97 Å². The van der Waals surface area contributed by atoms with Gasteiger partial charge < -0.3 is 19.7 Å².